The lowest BCUT2D eigenvalue weighted by Gasteiger charge is -2.32. The highest BCUT2D eigenvalue weighted by molar-refractivity contribution is 5.80. The van der Waals surface area contributed by atoms with Gasteiger partial charge in [-0.15, -0.1) is 0 Å². The van der Waals surface area contributed by atoms with Gasteiger partial charge in [-0.2, -0.15) is 0 Å². The zero-order valence-electron chi connectivity index (χ0n) is 19.5. The quantitative estimate of drug-likeness (QED) is 0.591. The van der Waals surface area contributed by atoms with Gasteiger partial charge in [0.15, 0.2) is 5.82 Å². The molecule has 5 rings (SSSR count). The molecule has 3 aromatic heterocycles. The van der Waals surface area contributed by atoms with E-state index in [0.717, 1.165) is 79.6 Å². The van der Waals surface area contributed by atoms with Gasteiger partial charge in [-0.1, -0.05) is 11.2 Å². The topological polar surface area (TPSA) is 88.2 Å². The lowest BCUT2D eigenvalue weighted by Crippen LogP contribution is -2.35. The predicted octanol–water partition coefficient (Wildman–Crippen LogP) is 3.64. The Labute approximate surface area is 194 Å². The standard InChI is InChI=1S/C25H30N6O2/c1-16-20-9-6-12-30(15-19-8-4-5-11-26-19)25(20)28-24(27-16)22-10-7-13-31(22)23(32)14-21-17(2)29-33-18(21)3/h4-5,8,11,22H,6-7,9-10,12-15H2,1-3H3/t22-/m1/s1. The molecule has 1 amide bonds. The van der Waals surface area contributed by atoms with Crippen molar-refractivity contribution in [2.75, 3.05) is 18.0 Å². The molecule has 33 heavy (non-hydrogen) atoms. The van der Waals surface area contributed by atoms with E-state index in [4.69, 9.17) is 14.5 Å². The van der Waals surface area contributed by atoms with Gasteiger partial charge in [0.25, 0.3) is 0 Å². The molecule has 0 unspecified atom stereocenters. The van der Waals surface area contributed by atoms with Crippen molar-refractivity contribution >= 4 is 11.7 Å². The fourth-order valence-electron chi connectivity index (χ4n) is 5.04. The highest BCUT2D eigenvalue weighted by atomic mass is 16.5. The number of amides is 1. The molecule has 0 saturated carbocycles. The van der Waals surface area contributed by atoms with E-state index >= 15 is 0 Å². The zero-order chi connectivity index (χ0) is 22.9. The number of aryl methyl sites for hydroxylation is 3. The fraction of sp³-hybridized carbons (Fsp3) is 0.480. The Balaban J connectivity index is 1.42. The number of hydrogen-bond acceptors (Lipinski definition) is 7. The lowest BCUT2D eigenvalue weighted by molar-refractivity contribution is -0.131. The van der Waals surface area contributed by atoms with Gasteiger partial charge < -0.3 is 14.3 Å². The molecule has 172 valence electrons. The second-order valence-corrected chi connectivity index (χ2v) is 9.04. The average molecular weight is 447 g/mol. The van der Waals surface area contributed by atoms with Gasteiger partial charge in [0.05, 0.1) is 30.4 Å². The molecule has 8 nitrogen and oxygen atoms in total. The van der Waals surface area contributed by atoms with Gasteiger partial charge in [-0.05, 0) is 58.6 Å². The summed E-state index contributed by atoms with van der Waals surface area (Å²) in [6, 6.07) is 5.91. The summed E-state index contributed by atoms with van der Waals surface area (Å²) in [5.41, 5.74) is 4.93. The molecule has 1 fully saturated rings. The van der Waals surface area contributed by atoms with Gasteiger partial charge in [-0.25, -0.2) is 9.97 Å². The van der Waals surface area contributed by atoms with Crippen LogP contribution in [0.4, 0.5) is 5.82 Å². The number of carbonyl (C=O) groups excluding carboxylic acids is 1. The first-order chi connectivity index (χ1) is 16.0. The van der Waals surface area contributed by atoms with Crippen LogP contribution in [0, 0.1) is 20.8 Å². The zero-order valence-corrected chi connectivity index (χ0v) is 19.5. The first kappa shape index (κ1) is 21.6. The number of rotatable bonds is 5. The number of aromatic nitrogens is 4. The largest absolute Gasteiger partial charge is 0.361 e. The van der Waals surface area contributed by atoms with E-state index in [-0.39, 0.29) is 11.9 Å². The monoisotopic (exact) mass is 446 g/mol. The summed E-state index contributed by atoms with van der Waals surface area (Å²) in [5.74, 6) is 2.54. The molecule has 0 bridgehead atoms. The number of nitrogens with zero attached hydrogens (tertiary/aromatic N) is 6. The molecule has 0 aromatic carbocycles. The van der Waals surface area contributed by atoms with Crippen molar-refractivity contribution < 1.29 is 9.32 Å². The number of fused-ring (bicyclic) bond motifs is 1. The van der Waals surface area contributed by atoms with E-state index in [9.17, 15) is 4.79 Å². The first-order valence-corrected chi connectivity index (χ1v) is 11.7. The van der Waals surface area contributed by atoms with E-state index in [1.807, 2.05) is 37.1 Å². The van der Waals surface area contributed by atoms with E-state index in [0.29, 0.717) is 12.2 Å². The minimum atomic E-state index is -0.0967. The van der Waals surface area contributed by atoms with Crippen LogP contribution < -0.4 is 4.90 Å². The van der Waals surface area contributed by atoms with Crippen molar-refractivity contribution in [3.8, 4) is 0 Å². The van der Waals surface area contributed by atoms with Crippen LogP contribution >= 0.6 is 0 Å². The van der Waals surface area contributed by atoms with Crippen LogP contribution in [0.5, 0.6) is 0 Å². The number of likely N-dealkylation sites (tertiary alicyclic amines) is 1. The third-order valence-electron chi connectivity index (χ3n) is 6.82. The summed E-state index contributed by atoms with van der Waals surface area (Å²) >= 11 is 0. The van der Waals surface area contributed by atoms with Crippen molar-refractivity contribution in [3.63, 3.8) is 0 Å². The molecular weight excluding hydrogens is 416 g/mol. The summed E-state index contributed by atoms with van der Waals surface area (Å²) in [6.45, 7) is 8.20. The summed E-state index contributed by atoms with van der Waals surface area (Å²) in [6.07, 6.45) is 6.03. The summed E-state index contributed by atoms with van der Waals surface area (Å²) in [7, 11) is 0. The van der Waals surface area contributed by atoms with Crippen LogP contribution in [-0.4, -0.2) is 44.0 Å². The predicted molar refractivity (Wildman–Crippen MR) is 124 cm³/mol. The maximum Gasteiger partial charge on any atom is 0.227 e. The maximum absolute atomic E-state index is 13.3. The summed E-state index contributed by atoms with van der Waals surface area (Å²) in [4.78, 5) is 32.0. The average Bonchev–Trinajstić information content (AvgIpc) is 3.43. The Morgan fingerprint density at radius 1 is 1.12 bits per heavy atom. The Hall–Kier alpha value is -3.29. The highest BCUT2D eigenvalue weighted by Gasteiger charge is 2.34. The molecule has 1 atom stereocenters. The van der Waals surface area contributed by atoms with E-state index < -0.39 is 0 Å². The third kappa shape index (κ3) is 4.21. The lowest BCUT2D eigenvalue weighted by atomic mass is 10.0. The van der Waals surface area contributed by atoms with E-state index in [1.165, 1.54) is 5.56 Å². The Bertz CT molecular complexity index is 1140. The van der Waals surface area contributed by atoms with E-state index in [2.05, 4.69) is 28.0 Å². The van der Waals surface area contributed by atoms with E-state index in [1.54, 1.807) is 0 Å². The normalized spacial score (nSPS) is 18.0. The van der Waals surface area contributed by atoms with Crippen molar-refractivity contribution in [2.45, 2.75) is 65.5 Å². The summed E-state index contributed by atoms with van der Waals surface area (Å²) in [5, 5.41) is 3.99. The van der Waals surface area contributed by atoms with Crippen LogP contribution in [0.2, 0.25) is 0 Å². The van der Waals surface area contributed by atoms with Crippen LogP contribution in [0.1, 0.15) is 65.1 Å². The van der Waals surface area contributed by atoms with Gasteiger partial charge in [0.2, 0.25) is 5.91 Å². The molecule has 2 aliphatic heterocycles. The van der Waals surface area contributed by atoms with Crippen molar-refractivity contribution in [3.05, 3.63) is 64.2 Å². The van der Waals surface area contributed by atoms with Gasteiger partial charge in [-0.3, -0.25) is 9.78 Å². The number of hydrogen-bond donors (Lipinski definition) is 0. The molecule has 0 radical (unpaired) electrons. The van der Waals surface area contributed by atoms with Gasteiger partial charge >= 0.3 is 0 Å². The van der Waals surface area contributed by atoms with Crippen LogP contribution in [0.3, 0.4) is 0 Å². The molecule has 3 aromatic rings. The van der Waals surface area contributed by atoms with Crippen LogP contribution in [-0.2, 0) is 24.2 Å². The number of carbonyl (C=O) groups is 1. The van der Waals surface area contributed by atoms with Crippen molar-refractivity contribution in [2.24, 2.45) is 0 Å². The second-order valence-electron chi connectivity index (χ2n) is 9.04. The minimum Gasteiger partial charge on any atom is -0.361 e. The molecule has 2 aliphatic rings. The third-order valence-corrected chi connectivity index (χ3v) is 6.82. The smallest absolute Gasteiger partial charge is 0.227 e. The molecule has 1 saturated heterocycles. The maximum atomic E-state index is 13.3. The molecular formula is C25H30N6O2. The Morgan fingerprint density at radius 3 is 2.76 bits per heavy atom. The highest BCUT2D eigenvalue weighted by Crippen LogP contribution is 2.35. The van der Waals surface area contributed by atoms with Crippen molar-refractivity contribution in [1.29, 1.82) is 0 Å². The van der Waals surface area contributed by atoms with Gasteiger partial charge in [0, 0.05) is 36.1 Å². The molecule has 0 N–H and O–H groups in total. The second kappa shape index (κ2) is 8.92. The first-order valence-electron chi connectivity index (χ1n) is 11.7. The molecule has 0 aliphatic carbocycles. The number of anilines is 1. The Kier molecular flexibility index (Phi) is 5.83. The van der Waals surface area contributed by atoms with Crippen LogP contribution in [0.25, 0.3) is 0 Å². The molecule has 5 heterocycles. The minimum absolute atomic E-state index is 0.0798. The number of pyridine rings is 1. The van der Waals surface area contributed by atoms with Crippen molar-refractivity contribution in [1.82, 2.24) is 25.0 Å². The fourth-order valence-corrected chi connectivity index (χ4v) is 5.04. The van der Waals surface area contributed by atoms with Crippen LogP contribution in [0.15, 0.2) is 28.9 Å². The SMILES string of the molecule is Cc1nc([C@H]2CCCN2C(=O)Cc2c(C)noc2C)nc2c1CCCN2Cc1ccccn1. The molecule has 0 spiro atoms. The van der Waals surface area contributed by atoms with Gasteiger partial charge in [0.1, 0.15) is 11.6 Å². The Morgan fingerprint density at radius 2 is 2.00 bits per heavy atom. The summed E-state index contributed by atoms with van der Waals surface area (Å²) < 4.78 is 5.25. The molecule has 8 heteroatoms.